The highest BCUT2D eigenvalue weighted by Gasteiger charge is 2.70. The van der Waals surface area contributed by atoms with E-state index in [2.05, 4.69) is 0 Å². The molecule has 23 heavy (non-hydrogen) atoms. The number of hydrogen-bond acceptors (Lipinski definition) is 4. The van der Waals surface area contributed by atoms with Crippen LogP contribution in [0.3, 0.4) is 0 Å². The molecule has 2 N–H and O–H groups in total. The molecule has 2 heterocycles. The zero-order chi connectivity index (χ0) is 16.1. The maximum Gasteiger partial charge on any atom is 0.243 e. The Morgan fingerprint density at radius 2 is 2.13 bits per heavy atom. The molecule has 0 aromatic carbocycles. The summed E-state index contributed by atoms with van der Waals surface area (Å²) < 4.78 is 11.4. The van der Waals surface area contributed by atoms with Crippen molar-refractivity contribution in [2.75, 3.05) is 13.7 Å². The predicted molar refractivity (Wildman–Crippen MR) is 90.3 cm³/mol. The van der Waals surface area contributed by atoms with Crippen LogP contribution < -0.4 is 5.73 Å². The van der Waals surface area contributed by atoms with Gasteiger partial charge in [-0.1, -0.05) is 13.8 Å². The fourth-order valence-corrected chi connectivity index (χ4v) is 4.20. The number of carbonyl (C=O) groups is 1. The summed E-state index contributed by atoms with van der Waals surface area (Å²) in [6, 6.07) is 3.81. The molecule has 0 radical (unpaired) electrons. The smallest absolute Gasteiger partial charge is 0.243 e. The topological polar surface area (TPSA) is 68.7 Å². The Morgan fingerprint density at radius 1 is 1.43 bits per heavy atom. The summed E-state index contributed by atoms with van der Waals surface area (Å²) in [5.74, 6) is 1.73. The number of carbonyl (C=O) groups excluding carboxylic acids is 1. The second-order valence-corrected chi connectivity index (χ2v) is 7.30. The van der Waals surface area contributed by atoms with Crippen molar-refractivity contribution in [3.05, 3.63) is 23.7 Å². The van der Waals surface area contributed by atoms with Crippen LogP contribution in [-0.4, -0.2) is 36.1 Å². The molecule has 1 saturated carbocycles. The molecule has 2 fully saturated rings. The Morgan fingerprint density at radius 3 is 2.74 bits per heavy atom. The van der Waals surface area contributed by atoms with Crippen molar-refractivity contribution in [2.45, 2.75) is 51.8 Å². The first kappa shape index (κ1) is 18.3. The van der Waals surface area contributed by atoms with Crippen LogP contribution in [0.2, 0.25) is 0 Å². The average molecular weight is 343 g/mol. The number of halogens is 1. The Kier molecular flexibility index (Phi) is 4.86. The third-order valence-electron chi connectivity index (χ3n) is 5.57. The lowest BCUT2D eigenvalue weighted by Crippen LogP contribution is -2.82. The molecule has 1 aromatic rings. The minimum atomic E-state index is -0.853. The molecule has 1 aliphatic heterocycles. The van der Waals surface area contributed by atoms with Gasteiger partial charge in [-0.25, -0.2) is 0 Å². The lowest BCUT2D eigenvalue weighted by atomic mass is 9.46. The van der Waals surface area contributed by atoms with Gasteiger partial charge in [0.25, 0.3) is 0 Å². The molecule has 0 bridgehead atoms. The molecule has 3 atom stereocenters. The number of nitrogens with two attached hydrogens (primary N) is 1. The van der Waals surface area contributed by atoms with Crippen LogP contribution in [0.4, 0.5) is 0 Å². The van der Waals surface area contributed by atoms with Crippen LogP contribution in [0.5, 0.6) is 0 Å². The number of furan rings is 1. The van der Waals surface area contributed by atoms with Gasteiger partial charge in [0, 0.05) is 25.0 Å². The number of likely N-dealkylation sites (N-methyl/N-ethyl adjacent to an activating group) is 1. The number of nitrogens with zero attached hydrogens (tertiary/aromatic N) is 1. The van der Waals surface area contributed by atoms with Crippen LogP contribution in [0, 0.1) is 18.3 Å². The molecule has 3 rings (SSSR count). The summed E-state index contributed by atoms with van der Waals surface area (Å²) >= 11 is 0. The second-order valence-electron chi connectivity index (χ2n) is 7.30. The predicted octanol–water partition coefficient (Wildman–Crippen LogP) is 2.50. The molecule has 1 amide bonds. The van der Waals surface area contributed by atoms with Gasteiger partial charge in [0.1, 0.15) is 17.1 Å². The number of rotatable bonds is 3. The quantitative estimate of drug-likeness (QED) is 0.916. The minimum Gasteiger partial charge on any atom is -0.464 e. The number of ether oxygens (including phenoxy) is 1. The number of fused-ring (bicyclic) bond motifs is 1. The molecule has 3 unspecified atom stereocenters. The van der Waals surface area contributed by atoms with E-state index < -0.39 is 5.54 Å². The van der Waals surface area contributed by atoms with Gasteiger partial charge in [0.05, 0.1) is 12.6 Å². The van der Waals surface area contributed by atoms with Gasteiger partial charge in [0.2, 0.25) is 5.91 Å². The maximum atomic E-state index is 13.0. The van der Waals surface area contributed by atoms with E-state index >= 15 is 0 Å². The molecule has 1 saturated heterocycles. The Hall–Kier alpha value is -1.04. The number of hydrogen-bond donors (Lipinski definition) is 1. The maximum absolute atomic E-state index is 13.0. The highest BCUT2D eigenvalue weighted by atomic mass is 35.5. The fraction of sp³-hybridized carbons (Fsp3) is 0.706. The van der Waals surface area contributed by atoms with Gasteiger partial charge in [-0.2, -0.15) is 0 Å². The van der Waals surface area contributed by atoms with Gasteiger partial charge in [0.15, 0.2) is 0 Å². The lowest BCUT2D eigenvalue weighted by molar-refractivity contribution is -0.229. The first-order chi connectivity index (χ1) is 10.3. The Balaban J connectivity index is 0.00000192. The van der Waals surface area contributed by atoms with Crippen molar-refractivity contribution in [3.63, 3.8) is 0 Å². The largest absolute Gasteiger partial charge is 0.464 e. The van der Waals surface area contributed by atoms with Gasteiger partial charge in [-0.3, -0.25) is 4.79 Å². The highest BCUT2D eigenvalue weighted by Crippen LogP contribution is 2.57. The van der Waals surface area contributed by atoms with Gasteiger partial charge in [-0.15, -0.1) is 12.4 Å². The van der Waals surface area contributed by atoms with E-state index in [-0.39, 0.29) is 35.8 Å². The van der Waals surface area contributed by atoms with Crippen LogP contribution >= 0.6 is 12.4 Å². The highest BCUT2D eigenvalue weighted by molar-refractivity contribution is 5.89. The van der Waals surface area contributed by atoms with Gasteiger partial charge in [-0.05, 0) is 31.9 Å². The van der Waals surface area contributed by atoms with Crippen molar-refractivity contribution in [1.29, 1.82) is 0 Å². The van der Waals surface area contributed by atoms with E-state index in [1.807, 2.05) is 32.9 Å². The van der Waals surface area contributed by atoms with Crippen molar-refractivity contribution >= 4 is 18.3 Å². The van der Waals surface area contributed by atoms with Crippen LogP contribution in [0.1, 0.15) is 38.2 Å². The lowest BCUT2D eigenvalue weighted by Gasteiger charge is -2.65. The van der Waals surface area contributed by atoms with Crippen LogP contribution in [0.15, 0.2) is 16.5 Å². The van der Waals surface area contributed by atoms with Gasteiger partial charge < -0.3 is 19.8 Å². The van der Waals surface area contributed by atoms with E-state index in [1.54, 1.807) is 11.9 Å². The zero-order valence-electron chi connectivity index (χ0n) is 14.3. The van der Waals surface area contributed by atoms with E-state index in [9.17, 15) is 4.79 Å². The summed E-state index contributed by atoms with van der Waals surface area (Å²) in [4.78, 5) is 14.7. The monoisotopic (exact) mass is 342 g/mol. The minimum absolute atomic E-state index is 0. The molecule has 2 aliphatic rings. The molecule has 0 spiro atoms. The third kappa shape index (κ3) is 2.59. The van der Waals surface area contributed by atoms with E-state index in [0.717, 1.165) is 31.0 Å². The third-order valence-corrected chi connectivity index (χ3v) is 5.57. The molecule has 1 aliphatic carbocycles. The molecule has 1 aromatic heterocycles. The Labute approximate surface area is 143 Å². The second kappa shape index (κ2) is 6.11. The summed E-state index contributed by atoms with van der Waals surface area (Å²) in [7, 11) is 1.79. The first-order valence-electron chi connectivity index (χ1n) is 8.00. The molecular weight excluding hydrogens is 316 g/mol. The van der Waals surface area contributed by atoms with Crippen LogP contribution in [0.25, 0.3) is 0 Å². The summed E-state index contributed by atoms with van der Waals surface area (Å²) in [5.41, 5.74) is 5.44. The molecule has 130 valence electrons. The van der Waals surface area contributed by atoms with E-state index in [4.69, 9.17) is 14.9 Å². The normalized spacial score (nSPS) is 31.5. The van der Waals surface area contributed by atoms with Crippen molar-refractivity contribution < 1.29 is 13.9 Å². The summed E-state index contributed by atoms with van der Waals surface area (Å²) in [5, 5.41) is 0. The summed E-state index contributed by atoms with van der Waals surface area (Å²) in [6.07, 6.45) is 2.03. The van der Waals surface area contributed by atoms with Crippen molar-refractivity contribution in [2.24, 2.45) is 17.1 Å². The standard InChI is InChI=1S/C17H26N2O3.ClH/c1-11-7-8-12(22-11)10-19(4)15(20)17(18)13-6-5-9-21-14(13)16(17,2)3;/h7-8,13-14H,5-6,9-10,18H2,1-4H3;1H. The molecular formula is C17H27ClN2O3. The Bertz CT molecular complexity index is 586. The zero-order valence-corrected chi connectivity index (χ0v) is 15.1. The number of aryl methyl sites for hydroxylation is 1. The molecule has 6 heteroatoms. The number of amides is 1. The summed E-state index contributed by atoms with van der Waals surface area (Å²) in [6.45, 7) is 7.20. The first-order valence-corrected chi connectivity index (χ1v) is 8.00. The average Bonchev–Trinajstić information content (AvgIpc) is 2.90. The van der Waals surface area contributed by atoms with E-state index in [1.165, 1.54) is 0 Å². The SMILES string of the molecule is Cc1ccc(CN(C)C(=O)C2(N)C3CCCOC3C2(C)C)o1.Cl. The van der Waals surface area contributed by atoms with Crippen molar-refractivity contribution in [3.8, 4) is 0 Å². The van der Waals surface area contributed by atoms with Gasteiger partial charge >= 0.3 is 0 Å². The van der Waals surface area contributed by atoms with Crippen molar-refractivity contribution in [1.82, 2.24) is 4.90 Å². The molecule has 5 nitrogen and oxygen atoms in total. The van der Waals surface area contributed by atoms with Crippen LogP contribution in [-0.2, 0) is 16.1 Å². The van der Waals surface area contributed by atoms with E-state index in [0.29, 0.717) is 6.54 Å². The fourth-order valence-electron chi connectivity index (χ4n) is 4.20.